The molecule has 4 rings (SSSR count). The van der Waals surface area contributed by atoms with Gasteiger partial charge in [-0.1, -0.05) is 32.0 Å². The predicted octanol–water partition coefficient (Wildman–Crippen LogP) is 4.08. The summed E-state index contributed by atoms with van der Waals surface area (Å²) < 4.78 is 28.7. The van der Waals surface area contributed by atoms with Gasteiger partial charge in [-0.3, -0.25) is 0 Å². The molecule has 0 aliphatic rings. The van der Waals surface area contributed by atoms with Gasteiger partial charge in [0.1, 0.15) is 5.65 Å². The van der Waals surface area contributed by atoms with Crippen molar-refractivity contribution in [2.75, 3.05) is 13.1 Å². The quantitative estimate of drug-likeness (QED) is 0.447. The molecule has 4 aromatic rings. The van der Waals surface area contributed by atoms with Crippen molar-refractivity contribution < 1.29 is 8.42 Å². The maximum Gasteiger partial charge on any atom is 0.243 e. The number of fused-ring (bicyclic) bond motifs is 1. The summed E-state index contributed by atoms with van der Waals surface area (Å²) in [6, 6.07) is 12.9. The van der Waals surface area contributed by atoms with E-state index in [1.807, 2.05) is 66.4 Å². The Bertz CT molecular complexity index is 1190. The molecular formula is C21H22N4O2S2. The van der Waals surface area contributed by atoms with Crippen molar-refractivity contribution in [1.82, 2.24) is 18.7 Å². The van der Waals surface area contributed by atoms with Gasteiger partial charge in [0.25, 0.3) is 0 Å². The summed E-state index contributed by atoms with van der Waals surface area (Å²) in [7, 11) is -3.44. The van der Waals surface area contributed by atoms with E-state index in [9.17, 15) is 8.42 Å². The molecule has 0 saturated carbocycles. The van der Waals surface area contributed by atoms with Crippen LogP contribution in [0.25, 0.3) is 16.9 Å². The second-order valence-corrected chi connectivity index (χ2v) is 9.50. The fraction of sp³-hybridized carbons (Fsp3) is 0.238. The van der Waals surface area contributed by atoms with Gasteiger partial charge in [0.15, 0.2) is 0 Å². The van der Waals surface area contributed by atoms with Crippen LogP contribution in [0.2, 0.25) is 0 Å². The smallest absolute Gasteiger partial charge is 0.243 e. The van der Waals surface area contributed by atoms with Crippen LogP contribution in [0, 0.1) is 0 Å². The van der Waals surface area contributed by atoms with Crippen molar-refractivity contribution in [2.24, 2.45) is 0 Å². The highest BCUT2D eigenvalue weighted by Gasteiger charge is 2.21. The normalized spacial score (nSPS) is 12.1. The van der Waals surface area contributed by atoms with Crippen molar-refractivity contribution in [3.63, 3.8) is 0 Å². The number of thiazole rings is 1. The van der Waals surface area contributed by atoms with E-state index >= 15 is 0 Å². The molecule has 150 valence electrons. The topological polar surface area (TPSA) is 67.6 Å². The lowest BCUT2D eigenvalue weighted by molar-refractivity contribution is 0.445. The second kappa shape index (κ2) is 8.06. The van der Waals surface area contributed by atoms with E-state index in [1.165, 1.54) is 4.31 Å². The van der Waals surface area contributed by atoms with Gasteiger partial charge in [0.05, 0.1) is 21.3 Å². The van der Waals surface area contributed by atoms with Crippen LogP contribution in [0.15, 0.2) is 65.1 Å². The molecule has 0 saturated heterocycles. The molecule has 0 fully saturated rings. The van der Waals surface area contributed by atoms with E-state index in [0.717, 1.165) is 27.6 Å². The largest absolute Gasteiger partial charge is 0.307 e. The minimum Gasteiger partial charge on any atom is -0.307 e. The number of imidazole rings is 1. The number of rotatable bonds is 7. The van der Waals surface area contributed by atoms with Gasteiger partial charge in [0, 0.05) is 42.8 Å². The third kappa shape index (κ3) is 3.96. The maximum atomic E-state index is 12.6. The number of aromatic nitrogens is 3. The average molecular weight is 427 g/mol. The van der Waals surface area contributed by atoms with Gasteiger partial charge >= 0.3 is 0 Å². The maximum absolute atomic E-state index is 12.6. The summed E-state index contributed by atoms with van der Waals surface area (Å²) >= 11 is 1.58. The standard InChI is InChI=1S/C21H22N4O2S2/c1-3-25(4-2)29(26,27)18-10-8-16(9-11-18)19-15-28-21(23-19)13-17-14-24-12-6-5-7-20(24)22-17/h5-12,14-15H,3-4,13H2,1-2H3. The summed E-state index contributed by atoms with van der Waals surface area (Å²) in [6.07, 6.45) is 4.66. The number of benzene rings is 1. The van der Waals surface area contributed by atoms with Crippen molar-refractivity contribution >= 4 is 27.0 Å². The van der Waals surface area contributed by atoms with E-state index in [0.29, 0.717) is 24.4 Å². The molecule has 0 spiro atoms. The molecule has 3 aromatic heterocycles. The molecule has 8 heteroatoms. The van der Waals surface area contributed by atoms with E-state index < -0.39 is 10.0 Å². The molecule has 0 unspecified atom stereocenters. The summed E-state index contributed by atoms with van der Waals surface area (Å²) in [5.74, 6) is 0. The highest BCUT2D eigenvalue weighted by molar-refractivity contribution is 7.89. The molecule has 29 heavy (non-hydrogen) atoms. The van der Waals surface area contributed by atoms with E-state index in [-0.39, 0.29) is 0 Å². The monoisotopic (exact) mass is 426 g/mol. The van der Waals surface area contributed by atoms with Crippen molar-refractivity contribution in [3.8, 4) is 11.3 Å². The van der Waals surface area contributed by atoms with Crippen LogP contribution in [0.4, 0.5) is 0 Å². The number of sulfonamides is 1. The van der Waals surface area contributed by atoms with E-state index in [2.05, 4.69) is 4.98 Å². The molecule has 0 amide bonds. The van der Waals surface area contributed by atoms with Gasteiger partial charge < -0.3 is 4.40 Å². The van der Waals surface area contributed by atoms with Gasteiger partial charge in [-0.25, -0.2) is 18.4 Å². The van der Waals surface area contributed by atoms with Gasteiger partial charge in [-0.15, -0.1) is 11.3 Å². The molecule has 0 bridgehead atoms. The first-order valence-corrected chi connectivity index (χ1v) is 11.8. The van der Waals surface area contributed by atoms with Gasteiger partial charge in [0.2, 0.25) is 10.0 Å². The lowest BCUT2D eigenvalue weighted by Crippen LogP contribution is -2.30. The minimum absolute atomic E-state index is 0.310. The first-order valence-electron chi connectivity index (χ1n) is 9.49. The third-order valence-corrected chi connectivity index (χ3v) is 7.70. The Morgan fingerprint density at radius 1 is 1.03 bits per heavy atom. The summed E-state index contributed by atoms with van der Waals surface area (Å²) in [5, 5.41) is 2.97. The van der Waals surface area contributed by atoms with Crippen LogP contribution in [-0.2, 0) is 16.4 Å². The fourth-order valence-electron chi connectivity index (χ4n) is 3.26. The van der Waals surface area contributed by atoms with Crippen LogP contribution in [-0.4, -0.2) is 40.2 Å². The van der Waals surface area contributed by atoms with Crippen LogP contribution in [0.1, 0.15) is 24.5 Å². The van der Waals surface area contributed by atoms with Crippen LogP contribution in [0.5, 0.6) is 0 Å². The van der Waals surface area contributed by atoms with E-state index in [4.69, 9.17) is 4.98 Å². The van der Waals surface area contributed by atoms with Crippen LogP contribution >= 0.6 is 11.3 Å². The zero-order valence-electron chi connectivity index (χ0n) is 16.3. The molecule has 0 N–H and O–H groups in total. The van der Waals surface area contributed by atoms with Crippen molar-refractivity contribution in [1.29, 1.82) is 0 Å². The summed E-state index contributed by atoms with van der Waals surface area (Å²) in [4.78, 5) is 9.64. The first-order chi connectivity index (χ1) is 14.0. The summed E-state index contributed by atoms with van der Waals surface area (Å²) in [6.45, 7) is 4.60. The van der Waals surface area contributed by atoms with Crippen molar-refractivity contribution in [3.05, 3.63) is 70.9 Å². The zero-order chi connectivity index (χ0) is 20.4. The zero-order valence-corrected chi connectivity index (χ0v) is 17.9. The van der Waals surface area contributed by atoms with Crippen LogP contribution < -0.4 is 0 Å². The Labute approximate surface area is 174 Å². The molecule has 0 atom stereocenters. The third-order valence-electron chi connectivity index (χ3n) is 4.79. The Morgan fingerprint density at radius 2 is 1.79 bits per heavy atom. The molecule has 6 nitrogen and oxygen atoms in total. The highest BCUT2D eigenvalue weighted by Crippen LogP contribution is 2.25. The second-order valence-electron chi connectivity index (χ2n) is 6.62. The van der Waals surface area contributed by atoms with Crippen molar-refractivity contribution in [2.45, 2.75) is 25.2 Å². The Balaban J connectivity index is 1.53. The Kier molecular flexibility index (Phi) is 5.49. The molecule has 0 aliphatic heterocycles. The SMILES string of the molecule is CCN(CC)S(=O)(=O)c1ccc(-c2csc(Cc3cn4ccccc4n3)n2)cc1. The lowest BCUT2D eigenvalue weighted by Gasteiger charge is -2.18. The first kappa shape index (κ1) is 19.8. The Morgan fingerprint density at radius 3 is 2.48 bits per heavy atom. The summed E-state index contributed by atoms with van der Waals surface area (Å²) in [5.41, 5.74) is 3.64. The fourth-order valence-corrected chi connectivity index (χ4v) is 5.54. The number of hydrogen-bond donors (Lipinski definition) is 0. The minimum atomic E-state index is -3.44. The molecule has 1 aromatic carbocycles. The van der Waals surface area contributed by atoms with Crippen LogP contribution in [0.3, 0.4) is 0 Å². The number of nitrogens with zero attached hydrogens (tertiary/aromatic N) is 4. The van der Waals surface area contributed by atoms with E-state index in [1.54, 1.807) is 23.5 Å². The van der Waals surface area contributed by atoms with Gasteiger partial charge in [-0.05, 0) is 24.3 Å². The Hall–Kier alpha value is -2.55. The van der Waals surface area contributed by atoms with Gasteiger partial charge in [-0.2, -0.15) is 4.31 Å². The average Bonchev–Trinajstić information content (AvgIpc) is 3.35. The highest BCUT2D eigenvalue weighted by atomic mass is 32.2. The molecule has 3 heterocycles. The molecule has 0 aliphatic carbocycles. The number of pyridine rings is 1. The lowest BCUT2D eigenvalue weighted by atomic mass is 10.2. The number of hydrogen-bond acceptors (Lipinski definition) is 5. The predicted molar refractivity (Wildman–Crippen MR) is 116 cm³/mol. The molecule has 0 radical (unpaired) electrons. The molecular weight excluding hydrogens is 404 g/mol.